The molecule has 0 saturated carbocycles. The zero-order chi connectivity index (χ0) is 18.4. The van der Waals surface area contributed by atoms with Gasteiger partial charge in [0.05, 0.1) is 0 Å². The van der Waals surface area contributed by atoms with E-state index in [0.717, 1.165) is 18.4 Å². The van der Waals surface area contributed by atoms with E-state index in [4.69, 9.17) is 9.47 Å². The van der Waals surface area contributed by atoms with E-state index in [1.54, 1.807) is 4.90 Å². The highest BCUT2D eigenvalue weighted by Gasteiger charge is 2.21. The molecule has 1 aliphatic rings. The van der Waals surface area contributed by atoms with Crippen molar-refractivity contribution in [2.45, 2.75) is 26.3 Å². The van der Waals surface area contributed by atoms with Crippen LogP contribution in [0, 0.1) is 0 Å². The standard InChI is InChI=1S/C21H23NO4/c1-2-16-7-9-19(10-8-16)25-15-21(24)26-14-20(23)22-12-11-17-5-3-4-6-18(17)13-22/h3-10H,2,11-15H2,1H3. The highest BCUT2D eigenvalue weighted by Crippen LogP contribution is 2.18. The van der Waals surface area contributed by atoms with Crippen LogP contribution in [-0.4, -0.2) is 36.5 Å². The van der Waals surface area contributed by atoms with Crippen LogP contribution in [0.5, 0.6) is 5.75 Å². The molecule has 0 N–H and O–H groups in total. The lowest BCUT2D eigenvalue weighted by atomic mass is 10.00. The summed E-state index contributed by atoms with van der Waals surface area (Å²) in [4.78, 5) is 25.8. The van der Waals surface area contributed by atoms with Gasteiger partial charge in [-0.25, -0.2) is 4.79 Å². The van der Waals surface area contributed by atoms with Gasteiger partial charge in [0.1, 0.15) is 5.75 Å². The first-order chi connectivity index (χ1) is 12.7. The lowest BCUT2D eigenvalue weighted by Gasteiger charge is -2.28. The lowest BCUT2D eigenvalue weighted by molar-refractivity contribution is -0.154. The van der Waals surface area contributed by atoms with Crippen LogP contribution >= 0.6 is 0 Å². The normalized spacial score (nSPS) is 13.0. The maximum atomic E-state index is 12.3. The summed E-state index contributed by atoms with van der Waals surface area (Å²) < 4.78 is 10.4. The fourth-order valence-corrected chi connectivity index (χ4v) is 2.95. The summed E-state index contributed by atoms with van der Waals surface area (Å²) in [7, 11) is 0. The Morgan fingerprint density at radius 3 is 2.46 bits per heavy atom. The molecule has 1 amide bonds. The van der Waals surface area contributed by atoms with Crippen LogP contribution in [0.4, 0.5) is 0 Å². The number of nitrogens with zero attached hydrogens (tertiary/aromatic N) is 1. The fraction of sp³-hybridized carbons (Fsp3) is 0.333. The quantitative estimate of drug-likeness (QED) is 0.750. The lowest BCUT2D eigenvalue weighted by Crippen LogP contribution is -2.38. The maximum absolute atomic E-state index is 12.3. The second-order valence-electron chi connectivity index (χ2n) is 6.28. The number of amides is 1. The van der Waals surface area contributed by atoms with E-state index >= 15 is 0 Å². The Morgan fingerprint density at radius 1 is 1.00 bits per heavy atom. The molecule has 0 fully saturated rings. The summed E-state index contributed by atoms with van der Waals surface area (Å²) in [6.45, 7) is 2.83. The topological polar surface area (TPSA) is 55.8 Å². The van der Waals surface area contributed by atoms with E-state index in [1.807, 2.05) is 42.5 Å². The molecule has 1 aliphatic heterocycles. The first kappa shape index (κ1) is 18.0. The summed E-state index contributed by atoms with van der Waals surface area (Å²) >= 11 is 0. The van der Waals surface area contributed by atoms with Crippen LogP contribution in [0.15, 0.2) is 48.5 Å². The molecule has 2 aromatic carbocycles. The van der Waals surface area contributed by atoms with Crippen LogP contribution < -0.4 is 4.74 Å². The fourth-order valence-electron chi connectivity index (χ4n) is 2.95. The molecule has 136 valence electrons. The predicted octanol–water partition coefficient (Wildman–Crippen LogP) is 2.76. The molecule has 3 rings (SSSR count). The zero-order valence-electron chi connectivity index (χ0n) is 14.9. The Kier molecular flexibility index (Phi) is 5.89. The first-order valence-electron chi connectivity index (χ1n) is 8.87. The average Bonchev–Trinajstić information content (AvgIpc) is 2.70. The molecule has 1 heterocycles. The minimum absolute atomic E-state index is 0.180. The van der Waals surface area contributed by atoms with E-state index in [-0.39, 0.29) is 19.1 Å². The van der Waals surface area contributed by atoms with Crippen molar-refractivity contribution in [1.82, 2.24) is 4.90 Å². The number of hydrogen-bond donors (Lipinski definition) is 0. The van der Waals surface area contributed by atoms with E-state index in [9.17, 15) is 9.59 Å². The Labute approximate surface area is 153 Å². The molecule has 0 unspecified atom stereocenters. The van der Waals surface area contributed by atoms with Crippen molar-refractivity contribution in [2.24, 2.45) is 0 Å². The number of aryl methyl sites for hydroxylation is 1. The molecule has 0 atom stereocenters. The van der Waals surface area contributed by atoms with E-state index < -0.39 is 5.97 Å². The minimum atomic E-state index is -0.546. The summed E-state index contributed by atoms with van der Waals surface area (Å²) in [5, 5.41) is 0. The van der Waals surface area contributed by atoms with E-state index in [2.05, 4.69) is 13.0 Å². The van der Waals surface area contributed by atoms with Gasteiger partial charge in [0.25, 0.3) is 5.91 Å². The largest absolute Gasteiger partial charge is 0.482 e. The molecule has 0 bridgehead atoms. The van der Waals surface area contributed by atoms with Crippen LogP contribution in [-0.2, 0) is 33.7 Å². The Balaban J connectivity index is 1.42. The van der Waals surface area contributed by atoms with Crippen LogP contribution in [0.1, 0.15) is 23.6 Å². The molecule has 2 aromatic rings. The van der Waals surface area contributed by atoms with Gasteiger partial charge in [0, 0.05) is 13.1 Å². The van der Waals surface area contributed by atoms with Gasteiger partial charge in [0.2, 0.25) is 0 Å². The average molecular weight is 353 g/mol. The van der Waals surface area contributed by atoms with Crippen molar-refractivity contribution >= 4 is 11.9 Å². The summed E-state index contributed by atoms with van der Waals surface area (Å²) in [6, 6.07) is 15.6. The van der Waals surface area contributed by atoms with Crippen LogP contribution in [0.25, 0.3) is 0 Å². The third-order valence-electron chi connectivity index (χ3n) is 4.53. The number of fused-ring (bicyclic) bond motifs is 1. The van der Waals surface area contributed by atoms with E-state index in [1.165, 1.54) is 11.1 Å². The Hall–Kier alpha value is -2.82. The number of ether oxygens (including phenoxy) is 2. The highest BCUT2D eigenvalue weighted by atomic mass is 16.6. The second kappa shape index (κ2) is 8.52. The second-order valence-corrected chi connectivity index (χ2v) is 6.28. The van der Waals surface area contributed by atoms with Gasteiger partial charge in [-0.3, -0.25) is 4.79 Å². The maximum Gasteiger partial charge on any atom is 0.344 e. The summed E-state index contributed by atoms with van der Waals surface area (Å²) in [5.41, 5.74) is 3.63. The zero-order valence-corrected chi connectivity index (χ0v) is 14.9. The predicted molar refractivity (Wildman–Crippen MR) is 97.8 cm³/mol. The molecule has 0 spiro atoms. The molecule has 0 radical (unpaired) electrons. The smallest absolute Gasteiger partial charge is 0.344 e. The van der Waals surface area contributed by atoms with Gasteiger partial charge in [-0.05, 0) is 41.7 Å². The van der Waals surface area contributed by atoms with Gasteiger partial charge in [0.15, 0.2) is 13.2 Å². The molecule has 0 aromatic heterocycles. The molecule has 0 saturated heterocycles. The number of carbonyl (C=O) groups is 2. The first-order valence-corrected chi connectivity index (χ1v) is 8.87. The Bertz CT molecular complexity index is 770. The Morgan fingerprint density at radius 2 is 1.73 bits per heavy atom. The molecular formula is C21H23NO4. The van der Waals surface area contributed by atoms with Crippen LogP contribution in [0.3, 0.4) is 0 Å². The van der Waals surface area contributed by atoms with Gasteiger partial charge < -0.3 is 14.4 Å². The van der Waals surface area contributed by atoms with Gasteiger partial charge in [-0.1, -0.05) is 43.3 Å². The van der Waals surface area contributed by atoms with E-state index in [0.29, 0.717) is 18.8 Å². The monoisotopic (exact) mass is 353 g/mol. The third kappa shape index (κ3) is 4.63. The molecule has 0 aliphatic carbocycles. The van der Waals surface area contributed by atoms with Gasteiger partial charge in [-0.15, -0.1) is 0 Å². The van der Waals surface area contributed by atoms with Crippen molar-refractivity contribution < 1.29 is 19.1 Å². The summed E-state index contributed by atoms with van der Waals surface area (Å²) in [6.07, 6.45) is 1.78. The van der Waals surface area contributed by atoms with Crippen molar-refractivity contribution in [2.75, 3.05) is 19.8 Å². The van der Waals surface area contributed by atoms with Crippen molar-refractivity contribution in [3.63, 3.8) is 0 Å². The van der Waals surface area contributed by atoms with Gasteiger partial charge in [-0.2, -0.15) is 0 Å². The number of hydrogen-bond acceptors (Lipinski definition) is 4. The minimum Gasteiger partial charge on any atom is -0.482 e. The van der Waals surface area contributed by atoms with Crippen molar-refractivity contribution in [1.29, 1.82) is 0 Å². The van der Waals surface area contributed by atoms with Crippen molar-refractivity contribution in [3.05, 3.63) is 65.2 Å². The van der Waals surface area contributed by atoms with Crippen molar-refractivity contribution in [3.8, 4) is 5.75 Å². The summed E-state index contributed by atoms with van der Waals surface area (Å²) in [5.74, 6) is -0.117. The highest BCUT2D eigenvalue weighted by molar-refractivity contribution is 5.81. The molecule has 5 nitrogen and oxygen atoms in total. The number of esters is 1. The molecule has 5 heteroatoms. The SMILES string of the molecule is CCc1ccc(OCC(=O)OCC(=O)N2CCc3ccccc3C2)cc1. The number of carbonyl (C=O) groups excluding carboxylic acids is 2. The third-order valence-corrected chi connectivity index (χ3v) is 4.53. The van der Waals surface area contributed by atoms with Crippen LogP contribution in [0.2, 0.25) is 0 Å². The van der Waals surface area contributed by atoms with Gasteiger partial charge >= 0.3 is 5.97 Å². The number of rotatable bonds is 6. The molecular weight excluding hydrogens is 330 g/mol. The number of benzene rings is 2. The molecule has 26 heavy (non-hydrogen) atoms.